The van der Waals surface area contributed by atoms with Crippen LogP contribution in [0, 0.1) is 12.7 Å². The summed E-state index contributed by atoms with van der Waals surface area (Å²) in [7, 11) is 0. The molecule has 4 aliphatic heterocycles. The van der Waals surface area contributed by atoms with Gasteiger partial charge in [-0.2, -0.15) is 0 Å². The second-order valence-corrected chi connectivity index (χ2v) is 19.0. The average molecular weight is 993 g/mol. The quantitative estimate of drug-likeness (QED) is 0.0787. The minimum Gasteiger partial charge on any atom is -0.384 e. The van der Waals surface area contributed by atoms with E-state index < -0.39 is 11.9 Å². The topological polar surface area (TPSA) is 197 Å². The maximum Gasteiger partial charge on any atom is 0.255 e. The number of pyridine rings is 2. The lowest BCUT2D eigenvalue weighted by molar-refractivity contribution is -0.137. The van der Waals surface area contributed by atoms with Crippen LogP contribution in [0.15, 0.2) is 91.1 Å². The predicted octanol–water partition coefficient (Wildman–Crippen LogP) is 4.78. The Morgan fingerprint density at radius 3 is 2.37 bits per heavy atom. The van der Waals surface area contributed by atoms with Crippen molar-refractivity contribution >= 4 is 52.0 Å². The highest BCUT2D eigenvalue weighted by Crippen LogP contribution is 2.33. The van der Waals surface area contributed by atoms with E-state index in [0.717, 1.165) is 72.9 Å². The fraction of sp³-hybridized carbons (Fsp3) is 0.389. The molecule has 0 aliphatic carbocycles. The fourth-order valence-corrected chi connectivity index (χ4v) is 10.2. The molecule has 1 atom stereocenters. The largest absolute Gasteiger partial charge is 0.384 e. The normalized spacial score (nSPS) is 17.6. The molecule has 1 unspecified atom stereocenters. The molecular formula is C54H61FN12O6. The van der Waals surface area contributed by atoms with Crippen LogP contribution in [0.2, 0.25) is 0 Å². The van der Waals surface area contributed by atoms with Crippen molar-refractivity contribution in [1.82, 2.24) is 44.4 Å². The molecule has 4 amide bonds. The summed E-state index contributed by atoms with van der Waals surface area (Å²) in [6, 6.07) is 26.2. The first-order chi connectivity index (χ1) is 35.5. The molecule has 3 aromatic carbocycles. The van der Waals surface area contributed by atoms with E-state index in [1.807, 2.05) is 58.9 Å². The first-order valence-electron chi connectivity index (χ1n) is 25.1. The zero-order valence-electron chi connectivity index (χ0n) is 41.1. The van der Waals surface area contributed by atoms with Crippen molar-refractivity contribution in [3.63, 3.8) is 0 Å². The number of anilines is 3. The minimum atomic E-state index is -0.649. The highest BCUT2D eigenvalue weighted by Gasteiger charge is 2.40. The second kappa shape index (κ2) is 22.2. The zero-order valence-corrected chi connectivity index (χ0v) is 41.1. The van der Waals surface area contributed by atoms with Gasteiger partial charge in [-0.05, 0) is 73.0 Å². The molecule has 4 N–H and O–H groups in total. The molecule has 10 rings (SSSR count). The molecule has 3 aromatic heterocycles. The number of amides is 4. The smallest absolute Gasteiger partial charge is 0.255 e. The van der Waals surface area contributed by atoms with Crippen LogP contribution in [0.4, 0.5) is 21.6 Å². The molecular weight excluding hydrogens is 932 g/mol. The zero-order chi connectivity index (χ0) is 50.4. The molecule has 0 radical (unpaired) electrons. The van der Waals surface area contributed by atoms with Gasteiger partial charge in [0.1, 0.15) is 29.0 Å². The van der Waals surface area contributed by atoms with Crippen molar-refractivity contribution in [1.29, 1.82) is 0 Å². The fourth-order valence-electron chi connectivity index (χ4n) is 10.2. The molecule has 73 heavy (non-hydrogen) atoms. The number of nitrogens with one attached hydrogen (secondary N) is 2. The Morgan fingerprint density at radius 2 is 1.60 bits per heavy atom. The number of hydrogen-bond acceptors (Lipinski definition) is 14. The molecule has 18 nitrogen and oxygen atoms in total. The summed E-state index contributed by atoms with van der Waals surface area (Å²) in [5.74, 6) is 0.0236. The van der Waals surface area contributed by atoms with Crippen LogP contribution >= 0.6 is 0 Å². The molecule has 7 heterocycles. The van der Waals surface area contributed by atoms with Gasteiger partial charge in [0, 0.05) is 120 Å². The number of nitrogens with two attached hydrogens (primary N) is 1. The number of imide groups is 1. The Labute approximate surface area is 423 Å². The number of rotatable bonds is 18. The first-order valence-corrected chi connectivity index (χ1v) is 25.1. The Bertz CT molecular complexity index is 2990. The number of benzene rings is 3. The minimum absolute atomic E-state index is 0.103. The SMILES string of the molecule is Cc1nc2ccc(-c3ccnc(N)c3)nc2n1-c1ccc(N2CCN(CCOCCOCCC(=O)N3CCN(Cc4ccc(CNc5cccc6c5CN(C5CCC(=O)NC5=O)C6=O)cc4)CC3)CC2)c(F)c1. The molecule has 0 spiro atoms. The molecule has 0 saturated carbocycles. The predicted molar refractivity (Wildman–Crippen MR) is 274 cm³/mol. The number of piperidine rings is 1. The van der Waals surface area contributed by atoms with Crippen LogP contribution in [0.1, 0.15) is 52.1 Å². The van der Waals surface area contributed by atoms with Crippen LogP contribution in [0.3, 0.4) is 0 Å². The van der Waals surface area contributed by atoms with Crippen molar-refractivity contribution in [2.24, 2.45) is 0 Å². The van der Waals surface area contributed by atoms with E-state index in [1.165, 1.54) is 5.56 Å². The van der Waals surface area contributed by atoms with Crippen molar-refractivity contribution in [3.05, 3.63) is 125 Å². The van der Waals surface area contributed by atoms with E-state index in [1.54, 1.807) is 29.3 Å². The number of aryl methyl sites for hydroxylation is 1. The molecule has 3 saturated heterocycles. The van der Waals surface area contributed by atoms with Crippen molar-refractivity contribution < 1.29 is 33.0 Å². The highest BCUT2D eigenvalue weighted by atomic mass is 19.1. The van der Waals surface area contributed by atoms with Crippen molar-refractivity contribution in [2.75, 3.05) is 101 Å². The van der Waals surface area contributed by atoms with E-state index in [2.05, 4.69) is 59.6 Å². The van der Waals surface area contributed by atoms with Gasteiger partial charge in [0.15, 0.2) is 5.65 Å². The highest BCUT2D eigenvalue weighted by molar-refractivity contribution is 6.06. The van der Waals surface area contributed by atoms with Crippen molar-refractivity contribution in [2.45, 2.75) is 51.9 Å². The van der Waals surface area contributed by atoms with Crippen LogP contribution in [-0.2, 0) is 43.5 Å². The second-order valence-electron chi connectivity index (χ2n) is 19.0. The molecule has 19 heteroatoms. The average Bonchev–Trinajstić information content (AvgIpc) is 3.92. The van der Waals surface area contributed by atoms with Gasteiger partial charge in [0.25, 0.3) is 5.91 Å². The summed E-state index contributed by atoms with van der Waals surface area (Å²) >= 11 is 0. The standard InChI is InChI=1S/C54H61FN12O6/c1-36-59-46-11-10-44(39-15-17-57-49(56)31-39)60-52(46)67(36)40-9-12-47(43(55)32-40)64-22-18-62(19-23-64)26-28-73-30-29-72-27-16-51(69)65-24-20-63(21-25-65)34-38-7-5-37(6-8-38)33-58-45-4-2-3-41-42(45)35-66(54(41)71)48-13-14-50(68)61-53(48)70/h2-12,15,17,31-32,48,58H,13-14,16,18-30,33-35H2,1H3,(H2,56,57)(H,61,68,70). The maximum absolute atomic E-state index is 15.8. The van der Waals surface area contributed by atoms with E-state index in [0.29, 0.717) is 113 Å². The third-order valence-corrected chi connectivity index (χ3v) is 14.3. The van der Waals surface area contributed by atoms with Gasteiger partial charge in [-0.15, -0.1) is 0 Å². The number of halogens is 1. The number of nitrogen functional groups attached to an aromatic ring is 1. The maximum atomic E-state index is 15.8. The number of aromatic nitrogens is 4. The summed E-state index contributed by atoms with van der Waals surface area (Å²) < 4.78 is 29.3. The number of hydrogen-bond donors (Lipinski definition) is 3. The van der Waals surface area contributed by atoms with Gasteiger partial charge in [-0.25, -0.2) is 19.3 Å². The van der Waals surface area contributed by atoms with E-state index in [-0.39, 0.29) is 30.0 Å². The molecule has 6 aromatic rings. The Balaban J connectivity index is 0.581. The van der Waals surface area contributed by atoms with Crippen LogP contribution in [0.5, 0.6) is 0 Å². The molecule has 3 fully saturated rings. The third kappa shape index (κ3) is 11.3. The lowest BCUT2D eigenvalue weighted by Crippen LogP contribution is -2.52. The van der Waals surface area contributed by atoms with Crippen LogP contribution in [-0.4, -0.2) is 154 Å². The van der Waals surface area contributed by atoms with Crippen LogP contribution < -0.4 is 21.3 Å². The number of piperazine rings is 2. The Hall–Kier alpha value is -7.32. The van der Waals surface area contributed by atoms with E-state index in [9.17, 15) is 19.2 Å². The van der Waals surface area contributed by atoms with Crippen molar-refractivity contribution in [3.8, 4) is 16.9 Å². The Morgan fingerprint density at radius 1 is 0.836 bits per heavy atom. The van der Waals surface area contributed by atoms with Gasteiger partial charge in [-0.3, -0.25) is 38.9 Å². The van der Waals surface area contributed by atoms with Gasteiger partial charge < -0.3 is 35.2 Å². The van der Waals surface area contributed by atoms with Gasteiger partial charge in [-0.1, -0.05) is 30.3 Å². The van der Waals surface area contributed by atoms with Crippen LogP contribution in [0.25, 0.3) is 28.1 Å². The summed E-state index contributed by atoms with van der Waals surface area (Å²) in [6.07, 6.45) is 2.54. The molecule has 0 bridgehead atoms. The number of nitrogens with zero attached hydrogens (tertiary/aromatic N) is 9. The number of imidazole rings is 1. The van der Waals surface area contributed by atoms with Gasteiger partial charge in [0.05, 0.1) is 49.9 Å². The van der Waals surface area contributed by atoms with Gasteiger partial charge >= 0.3 is 0 Å². The van der Waals surface area contributed by atoms with E-state index >= 15 is 4.39 Å². The summed E-state index contributed by atoms with van der Waals surface area (Å²) in [5, 5.41) is 5.85. The lowest BCUT2D eigenvalue weighted by atomic mass is 10.0. The first kappa shape index (κ1) is 49.3. The van der Waals surface area contributed by atoms with Gasteiger partial charge in [0.2, 0.25) is 17.7 Å². The summed E-state index contributed by atoms with van der Waals surface area (Å²) in [4.78, 5) is 74.2. The number of fused-ring (bicyclic) bond motifs is 2. The molecule has 380 valence electrons. The molecule has 4 aliphatic rings. The number of carbonyl (C=O) groups is 4. The Kier molecular flexibility index (Phi) is 15.0. The third-order valence-electron chi connectivity index (χ3n) is 14.3. The number of ether oxygens (including phenoxy) is 2. The summed E-state index contributed by atoms with van der Waals surface area (Å²) in [5.41, 5.74) is 14.7. The lowest BCUT2D eigenvalue weighted by Gasteiger charge is -2.36. The van der Waals surface area contributed by atoms with E-state index in [4.69, 9.17) is 20.2 Å². The number of carbonyl (C=O) groups excluding carboxylic acids is 4. The summed E-state index contributed by atoms with van der Waals surface area (Å²) in [6.45, 7) is 12.1. The monoisotopic (exact) mass is 992 g/mol.